The zero-order valence-electron chi connectivity index (χ0n) is 19.6. The highest BCUT2D eigenvalue weighted by Crippen LogP contribution is 2.68. The van der Waals surface area contributed by atoms with Gasteiger partial charge in [-0.3, -0.25) is 0 Å². The summed E-state index contributed by atoms with van der Waals surface area (Å²) in [6.45, 7) is 6.99. The molecule has 1 heterocycles. The molecule has 3 unspecified atom stereocenters. The second-order valence-electron chi connectivity index (χ2n) is 12.3. The molecule has 1 aliphatic heterocycles. The molecule has 0 radical (unpaired) electrons. The third-order valence-corrected chi connectivity index (χ3v) is 9.84. The van der Waals surface area contributed by atoms with Crippen molar-refractivity contribution in [3.05, 3.63) is 11.6 Å². The van der Waals surface area contributed by atoms with E-state index in [-0.39, 0.29) is 36.0 Å². The van der Waals surface area contributed by atoms with Crippen molar-refractivity contribution >= 4 is 0 Å². The maximum absolute atomic E-state index is 14.6. The molecule has 3 saturated carbocycles. The van der Waals surface area contributed by atoms with Gasteiger partial charge in [0, 0.05) is 23.7 Å². The zero-order valence-corrected chi connectivity index (χ0v) is 19.6. The minimum Gasteiger partial charge on any atom is -0.383 e. The fourth-order valence-electron chi connectivity index (χ4n) is 7.89. The summed E-state index contributed by atoms with van der Waals surface area (Å²) in [6.07, 6.45) is -0.0504. The van der Waals surface area contributed by atoms with E-state index in [1.54, 1.807) is 0 Å². The number of allylic oxidation sites excluding steroid dienone is 2. The van der Waals surface area contributed by atoms with Crippen LogP contribution in [0.15, 0.2) is 11.6 Å². The van der Waals surface area contributed by atoms with E-state index in [2.05, 4.69) is 13.8 Å². The van der Waals surface area contributed by atoms with Gasteiger partial charge in [0.05, 0.1) is 13.2 Å². The zero-order chi connectivity index (χ0) is 24.1. The topological polar surface area (TPSA) is 38.7 Å². The first kappa shape index (κ1) is 24.0. The van der Waals surface area contributed by atoms with Crippen LogP contribution in [0.3, 0.4) is 0 Å². The van der Waals surface area contributed by atoms with E-state index in [1.807, 2.05) is 6.08 Å². The molecule has 0 bridgehead atoms. The molecule has 8 heteroatoms. The maximum Gasteiger partial charge on any atom is 0.456 e. The van der Waals surface area contributed by atoms with Crippen LogP contribution in [0.2, 0.25) is 0 Å². The van der Waals surface area contributed by atoms with E-state index in [1.165, 1.54) is 12.5 Å². The number of aliphatic hydroxyl groups is 1. The van der Waals surface area contributed by atoms with Crippen molar-refractivity contribution in [2.45, 2.75) is 95.6 Å². The summed E-state index contributed by atoms with van der Waals surface area (Å²) < 4.78 is 81.4. The fourth-order valence-corrected chi connectivity index (χ4v) is 7.89. The number of halogens is 5. The summed E-state index contributed by atoms with van der Waals surface area (Å²) in [5, 5.41) is 10.9. The lowest BCUT2D eigenvalue weighted by atomic mass is 9.52. The monoisotopic (exact) mass is 478 g/mol. The number of hydrogen-bond acceptors (Lipinski definition) is 3. The van der Waals surface area contributed by atoms with E-state index >= 15 is 0 Å². The van der Waals surface area contributed by atoms with Gasteiger partial charge in [-0.1, -0.05) is 32.4 Å². The van der Waals surface area contributed by atoms with E-state index in [9.17, 15) is 27.1 Å². The molecule has 0 aromatic rings. The SMILES string of the molecule is CC1(C)COC2(CC[C@H]3C4=CC[C@@]5(C)C(CC[C@@]5(O)C(F)(F)C(F)(F)F)C4CCC3C2)OC1. The highest BCUT2D eigenvalue weighted by atomic mass is 19.4. The molecular weight excluding hydrogens is 443 g/mol. The van der Waals surface area contributed by atoms with E-state index < -0.39 is 35.3 Å². The van der Waals surface area contributed by atoms with Crippen LogP contribution in [0, 0.1) is 34.5 Å². The molecule has 188 valence electrons. The average molecular weight is 479 g/mol. The fraction of sp³-hybridized carbons (Fsp3) is 0.920. The summed E-state index contributed by atoms with van der Waals surface area (Å²) >= 11 is 0. The number of alkyl halides is 5. The Morgan fingerprint density at radius 3 is 2.21 bits per heavy atom. The van der Waals surface area contributed by atoms with Gasteiger partial charge in [-0.15, -0.1) is 0 Å². The van der Waals surface area contributed by atoms with Crippen LogP contribution in [-0.2, 0) is 9.47 Å². The Labute approximate surface area is 192 Å². The first-order valence-electron chi connectivity index (χ1n) is 12.3. The van der Waals surface area contributed by atoms with Crippen LogP contribution in [0.5, 0.6) is 0 Å². The van der Waals surface area contributed by atoms with E-state index in [0.29, 0.717) is 19.1 Å². The largest absolute Gasteiger partial charge is 0.456 e. The molecule has 5 rings (SSSR count). The molecule has 5 aliphatic rings. The Balaban J connectivity index is 1.38. The van der Waals surface area contributed by atoms with Gasteiger partial charge < -0.3 is 14.6 Å². The molecule has 3 nitrogen and oxygen atoms in total. The van der Waals surface area contributed by atoms with Crippen molar-refractivity contribution in [2.75, 3.05) is 13.2 Å². The summed E-state index contributed by atoms with van der Waals surface area (Å²) in [7, 11) is 0. The van der Waals surface area contributed by atoms with Crippen LogP contribution in [-0.4, -0.2) is 41.8 Å². The van der Waals surface area contributed by atoms with Crippen molar-refractivity contribution in [1.29, 1.82) is 0 Å². The van der Waals surface area contributed by atoms with Crippen LogP contribution in [0.25, 0.3) is 0 Å². The summed E-state index contributed by atoms with van der Waals surface area (Å²) in [5.41, 5.74) is -3.35. The Morgan fingerprint density at radius 1 is 0.909 bits per heavy atom. The molecule has 1 spiro atoms. The Hall–Kier alpha value is -0.730. The quantitative estimate of drug-likeness (QED) is 0.357. The van der Waals surface area contributed by atoms with Crippen molar-refractivity contribution in [3.8, 4) is 0 Å². The Bertz CT molecular complexity index is 826. The molecule has 1 saturated heterocycles. The molecular formula is C25H35F5O3. The van der Waals surface area contributed by atoms with Gasteiger partial charge in [0.2, 0.25) is 0 Å². The number of rotatable bonds is 1. The Morgan fingerprint density at radius 2 is 1.58 bits per heavy atom. The molecule has 1 N–H and O–H groups in total. The van der Waals surface area contributed by atoms with Gasteiger partial charge in [-0.25, -0.2) is 0 Å². The molecule has 4 aliphatic carbocycles. The molecule has 33 heavy (non-hydrogen) atoms. The molecule has 0 aromatic carbocycles. The predicted molar refractivity (Wildman–Crippen MR) is 111 cm³/mol. The average Bonchev–Trinajstić information content (AvgIpc) is 3.02. The van der Waals surface area contributed by atoms with Crippen LogP contribution >= 0.6 is 0 Å². The van der Waals surface area contributed by atoms with Crippen LogP contribution in [0.1, 0.15) is 72.1 Å². The summed E-state index contributed by atoms with van der Waals surface area (Å²) in [4.78, 5) is 0. The predicted octanol–water partition coefficient (Wildman–Crippen LogP) is 6.26. The van der Waals surface area contributed by atoms with Gasteiger partial charge in [-0.2, -0.15) is 22.0 Å². The van der Waals surface area contributed by atoms with Gasteiger partial charge in [0.25, 0.3) is 0 Å². The smallest absolute Gasteiger partial charge is 0.383 e. The Kier molecular flexibility index (Phi) is 5.20. The van der Waals surface area contributed by atoms with Gasteiger partial charge in [0.1, 0.15) is 5.60 Å². The van der Waals surface area contributed by atoms with Crippen molar-refractivity contribution in [3.63, 3.8) is 0 Å². The normalized spacial score (nSPS) is 44.6. The van der Waals surface area contributed by atoms with Gasteiger partial charge in [-0.05, 0) is 62.2 Å². The first-order chi connectivity index (χ1) is 15.1. The third kappa shape index (κ3) is 3.29. The first-order valence-corrected chi connectivity index (χ1v) is 12.3. The molecule has 0 amide bonds. The number of hydrogen-bond donors (Lipinski definition) is 1. The lowest BCUT2D eigenvalue weighted by Gasteiger charge is -2.56. The second-order valence-corrected chi connectivity index (χ2v) is 12.3. The summed E-state index contributed by atoms with van der Waals surface area (Å²) in [6, 6.07) is 0. The second kappa shape index (κ2) is 7.16. The molecule has 4 fully saturated rings. The summed E-state index contributed by atoms with van der Waals surface area (Å²) in [5.74, 6) is -5.43. The molecule has 6 atom stereocenters. The van der Waals surface area contributed by atoms with Crippen molar-refractivity contribution in [2.24, 2.45) is 34.5 Å². The lowest BCUT2D eigenvalue weighted by molar-refractivity contribution is -0.361. The van der Waals surface area contributed by atoms with Gasteiger partial charge >= 0.3 is 12.1 Å². The van der Waals surface area contributed by atoms with E-state index in [4.69, 9.17) is 9.47 Å². The minimum absolute atomic E-state index is 0.00609. The van der Waals surface area contributed by atoms with Crippen LogP contribution < -0.4 is 0 Å². The standard InChI is InChI=1S/C25H35F5O3/c1-20(2)13-32-22(33-14-20)10-7-16-15(12-22)4-5-18-17(16)6-9-21(3)19(18)8-11-23(21,31)24(26,27)25(28,29)30/h6,15-16,18-19,31H,4-5,7-14H2,1-3H3/t15?,16-,18?,19?,21+,23+/m1/s1. The maximum atomic E-state index is 14.6. The third-order valence-electron chi connectivity index (χ3n) is 9.84. The highest BCUT2D eigenvalue weighted by molar-refractivity contribution is 5.29. The minimum atomic E-state index is -5.77. The number of fused-ring (bicyclic) bond motifs is 5. The lowest BCUT2D eigenvalue weighted by Crippen LogP contribution is -2.64. The van der Waals surface area contributed by atoms with Crippen molar-refractivity contribution < 1.29 is 36.5 Å². The number of ether oxygens (including phenoxy) is 2. The van der Waals surface area contributed by atoms with E-state index in [0.717, 1.165) is 32.1 Å². The molecule has 0 aromatic heterocycles. The van der Waals surface area contributed by atoms with Crippen LogP contribution in [0.4, 0.5) is 22.0 Å². The highest BCUT2D eigenvalue weighted by Gasteiger charge is 2.78. The van der Waals surface area contributed by atoms with Crippen molar-refractivity contribution in [1.82, 2.24) is 0 Å². The van der Waals surface area contributed by atoms with Gasteiger partial charge in [0.15, 0.2) is 5.79 Å².